The Morgan fingerprint density at radius 2 is 1.95 bits per heavy atom. The number of nitrogens with zero attached hydrogens (tertiary/aromatic N) is 1. The molecule has 0 aliphatic rings. The van der Waals surface area contributed by atoms with Crippen molar-refractivity contribution in [1.29, 1.82) is 0 Å². The fraction of sp³-hybridized carbons (Fsp3) is 0.111. The van der Waals surface area contributed by atoms with Crippen molar-refractivity contribution >= 4 is 22.5 Å². The SMILES string of the molecule is Cc1ccccc1OCC(=O)Nc1cccc2ncccc12. The lowest BCUT2D eigenvalue weighted by atomic mass is 10.2. The van der Waals surface area contributed by atoms with Crippen LogP contribution in [0, 0.1) is 6.92 Å². The maximum absolute atomic E-state index is 12.1. The summed E-state index contributed by atoms with van der Waals surface area (Å²) in [6, 6.07) is 17.0. The van der Waals surface area contributed by atoms with E-state index in [0.29, 0.717) is 0 Å². The highest BCUT2D eigenvalue weighted by atomic mass is 16.5. The molecule has 0 saturated heterocycles. The number of fused-ring (bicyclic) bond motifs is 1. The molecule has 1 amide bonds. The molecule has 0 spiro atoms. The third kappa shape index (κ3) is 3.06. The number of amides is 1. The molecule has 1 aromatic heterocycles. The number of benzene rings is 2. The molecule has 22 heavy (non-hydrogen) atoms. The van der Waals surface area contributed by atoms with Gasteiger partial charge in [-0.1, -0.05) is 24.3 Å². The molecule has 2 aromatic carbocycles. The monoisotopic (exact) mass is 292 g/mol. The topological polar surface area (TPSA) is 51.2 Å². The van der Waals surface area contributed by atoms with Gasteiger partial charge in [0.1, 0.15) is 5.75 Å². The number of nitrogens with one attached hydrogen (secondary N) is 1. The quantitative estimate of drug-likeness (QED) is 0.800. The van der Waals surface area contributed by atoms with Crippen molar-refractivity contribution in [3.05, 3.63) is 66.4 Å². The van der Waals surface area contributed by atoms with Crippen LogP contribution in [0.2, 0.25) is 0 Å². The average Bonchev–Trinajstić information content (AvgIpc) is 2.54. The molecule has 3 aromatic rings. The first-order valence-corrected chi connectivity index (χ1v) is 7.06. The zero-order valence-corrected chi connectivity index (χ0v) is 12.2. The minimum Gasteiger partial charge on any atom is -0.483 e. The van der Waals surface area contributed by atoms with Gasteiger partial charge in [0.15, 0.2) is 6.61 Å². The van der Waals surface area contributed by atoms with E-state index in [1.165, 1.54) is 0 Å². The highest BCUT2D eigenvalue weighted by molar-refractivity contribution is 6.01. The zero-order valence-electron chi connectivity index (χ0n) is 12.2. The fourth-order valence-electron chi connectivity index (χ4n) is 2.26. The van der Waals surface area contributed by atoms with E-state index >= 15 is 0 Å². The Morgan fingerprint density at radius 3 is 2.82 bits per heavy atom. The molecule has 110 valence electrons. The van der Waals surface area contributed by atoms with Crippen molar-refractivity contribution in [1.82, 2.24) is 4.98 Å². The number of anilines is 1. The molecule has 0 radical (unpaired) electrons. The van der Waals surface area contributed by atoms with E-state index < -0.39 is 0 Å². The minimum absolute atomic E-state index is 0.0263. The maximum Gasteiger partial charge on any atom is 0.262 e. The molecule has 0 fully saturated rings. The Morgan fingerprint density at radius 1 is 1.09 bits per heavy atom. The van der Waals surface area contributed by atoms with Gasteiger partial charge in [0.05, 0.1) is 11.2 Å². The first-order chi connectivity index (χ1) is 10.7. The summed E-state index contributed by atoms with van der Waals surface area (Å²) in [4.78, 5) is 16.4. The van der Waals surface area contributed by atoms with Crippen molar-refractivity contribution < 1.29 is 9.53 Å². The summed E-state index contributed by atoms with van der Waals surface area (Å²) in [5, 5.41) is 3.78. The average molecular weight is 292 g/mol. The predicted molar refractivity (Wildman–Crippen MR) is 87.0 cm³/mol. The van der Waals surface area contributed by atoms with Gasteiger partial charge in [-0.05, 0) is 42.8 Å². The highest BCUT2D eigenvalue weighted by Gasteiger charge is 2.07. The van der Waals surface area contributed by atoms with Crippen LogP contribution in [0.25, 0.3) is 10.9 Å². The third-order valence-corrected chi connectivity index (χ3v) is 3.37. The number of carbonyl (C=O) groups excluding carboxylic acids is 1. The molecule has 0 aliphatic heterocycles. The molecule has 0 unspecified atom stereocenters. The molecule has 4 nitrogen and oxygen atoms in total. The van der Waals surface area contributed by atoms with E-state index in [9.17, 15) is 4.79 Å². The molecule has 0 aliphatic carbocycles. The number of ether oxygens (including phenoxy) is 1. The lowest BCUT2D eigenvalue weighted by molar-refractivity contribution is -0.118. The van der Waals surface area contributed by atoms with Gasteiger partial charge in [0, 0.05) is 11.6 Å². The van der Waals surface area contributed by atoms with Crippen LogP contribution in [0.3, 0.4) is 0 Å². The molecule has 0 atom stereocenters. The number of hydrogen-bond acceptors (Lipinski definition) is 3. The van der Waals surface area contributed by atoms with Crippen LogP contribution in [0.4, 0.5) is 5.69 Å². The van der Waals surface area contributed by atoms with E-state index in [4.69, 9.17) is 4.74 Å². The number of rotatable bonds is 4. The molecule has 1 N–H and O–H groups in total. The van der Waals surface area contributed by atoms with Gasteiger partial charge >= 0.3 is 0 Å². The van der Waals surface area contributed by atoms with E-state index in [-0.39, 0.29) is 12.5 Å². The summed E-state index contributed by atoms with van der Waals surface area (Å²) in [5.74, 6) is 0.525. The van der Waals surface area contributed by atoms with Crippen LogP contribution in [-0.4, -0.2) is 17.5 Å². The molecular formula is C18H16N2O2. The zero-order chi connectivity index (χ0) is 15.4. The number of hydrogen-bond donors (Lipinski definition) is 1. The largest absolute Gasteiger partial charge is 0.483 e. The number of carbonyl (C=O) groups is 1. The Hall–Kier alpha value is -2.88. The highest BCUT2D eigenvalue weighted by Crippen LogP contribution is 2.21. The van der Waals surface area contributed by atoms with Crippen molar-refractivity contribution in [3.8, 4) is 5.75 Å². The van der Waals surface area contributed by atoms with Gasteiger partial charge in [-0.2, -0.15) is 0 Å². The van der Waals surface area contributed by atoms with Crippen LogP contribution in [-0.2, 0) is 4.79 Å². The smallest absolute Gasteiger partial charge is 0.262 e. The summed E-state index contributed by atoms with van der Waals surface area (Å²) in [6.45, 7) is 1.92. The van der Waals surface area contributed by atoms with Crippen molar-refractivity contribution in [2.75, 3.05) is 11.9 Å². The third-order valence-electron chi connectivity index (χ3n) is 3.37. The maximum atomic E-state index is 12.1. The first-order valence-electron chi connectivity index (χ1n) is 7.06. The molecule has 4 heteroatoms. The number of para-hydroxylation sites is 1. The lowest BCUT2D eigenvalue weighted by Crippen LogP contribution is -2.20. The molecular weight excluding hydrogens is 276 g/mol. The van der Waals surface area contributed by atoms with E-state index in [0.717, 1.165) is 27.9 Å². The summed E-state index contributed by atoms with van der Waals surface area (Å²) < 4.78 is 5.56. The molecule has 0 bridgehead atoms. The summed E-state index contributed by atoms with van der Waals surface area (Å²) >= 11 is 0. The second-order valence-electron chi connectivity index (χ2n) is 4.98. The van der Waals surface area contributed by atoms with Crippen LogP contribution in [0.1, 0.15) is 5.56 Å². The van der Waals surface area contributed by atoms with Gasteiger partial charge in [-0.15, -0.1) is 0 Å². The Bertz CT molecular complexity index is 810. The molecule has 0 saturated carbocycles. The van der Waals surface area contributed by atoms with Crippen molar-refractivity contribution in [2.45, 2.75) is 6.92 Å². The standard InChI is InChI=1S/C18H16N2O2/c1-13-6-2-3-10-17(13)22-12-18(21)20-16-9-4-8-15-14(16)7-5-11-19-15/h2-11H,12H2,1H3,(H,20,21). The summed E-state index contributed by atoms with van der Waals surface area (Å²) in [7, 11) is 0. The van der Waals surface area contributed by atoms with Crippen LogP contribution in [0.15, 0.2) is 60.8 Å². The van der Waals surface area contributed by atoms with Crippen molar-refractivity contribution in [3.63, 3.8) is 0 Å². The number of aromatic nitrogens is 1. The van der Waals surface area contributed by atoms with Gasteiger partial charge in [0.25, 0.3) is 5.91 Å². The van der Waals surface area contributed by atoms with Crippen LogP contribution >= 0.6 is 0 Å². The second-order valence-corrected chi connectivity index (χ2v) is 4.98. The van der Waals surface area contributed by atoms with Gasteiger partial charge in [-0.25, -0.2) is 0 Å². The number of aryl methyl sites for hydroxylation is 1. The fourth-order valence-corrected chi connectivity index (χ4v) is 2.26. The lowest BCUT2D eigenvalue weighted by Gasteiger charge is -2.10. The van der Waals surface area contributed by atoms with Crippen LogP contribution < -0.4 is 10.1 Å². The minimum atomic E-state index is -0.195. The van der Waals surface area contributed by atoms with Gasteiger partial charge < -0.3 is 10.1 Å². The normalized spacial score (nSPS) is 10.4. The van der Waals surface area contributed by atoms with Gasteiger partial charge in [0.2, 0.25) is 0 Å². The predicted octanol–water partition coefficient (Wildman–Crippen LogP) is 3.56. The summed E-state index contributed by atoms with van der Waals surface area (Å²) in [5.41, 5.74) is 2.59. The first kappa shape index (κ1) is 14.1. The Balaban J connectivity index is 1.70. The van der Waals surface area contributed by atoms with Crippen molar-refractivity contribution in [2.24, 2.45) is 0 Å². The Kier molecular flexibility index (Phi) is 4.01. The summed E-state index contributed by atoms with van der Waals surface area (Å²) in [6.07, 6.45) is 1.73. The number of pyridine rings is 1. The molecule has 3 rings (SSSR count). The Labute approximate surface area is 128 Å². The molecule has 1 heterocycles. The van der Waals surface area contributed by atoms with Crippen LogP contribution in [0.5, 0.6) is 5.75 Å². The van der Waals surface area contributed by atoms with E-state index in [1.807, 2.05) is 61.5 Å². The van der Waals surface area contributed by atoms with E-state index in [2.05, 4.69) is 10.3 Å². The second kappa shape index (κ2) is 6.26. The van der Waals surface area contributed by atoms with Gasteiger partial charge in [-0.3, -0.25) is 9.78 Å². The van der Waals surface area contributed by atoms with E-state index in [1.54, 1.807) is 6.20 Å².